The Balaban J connectivity index is 3.53. The summed E-state index contributed by atoms with van der Waals surface area (Å²) in [5, 5.41) is 11.7. The summed E-state index contributed by atoms with van der Waals surface area (Å²) in [4.78, 5) is 9.72. The van der Waals surface area contributed by atoms with Gasteiger partial charge in [0.05, 0.1) is 12.6 Å². The minimum absolute atomic E-state index is 0.0440. The standard InChI is InChI=1S/C6H13NO2/c1-3-6(4-7-9)5(2)8/h5-6,8H,3-4H2,1-2H3/t5-,6-/m1/s1. The fourth-order valence-corrected chi connectivity index (χ4v) is 0.718. The van der Waals surface area contributed by atoms with E-state index in [0.29, 0.717) is 0 Å². The van der Waals surface area contributed by atoms with Crippen LogP contribution < -0.4 is 0 Å². The first-order valence-electron chi connectivity index (χ1n) is 3.19. The van der Waals surface area contributed by atoms with Crippen LogP contribution in [0.15, 0.2) is 5.18 Å². The van der Waals surface area contributed by atoms with E-state index in [4.69, 9.17) is 5.11 Å². The molecule has 54 valence electrons. The fourth-order valence-electron chi connectivity index (χ4n) is 0.718. The quantitative estimate of drug-likeness (QED) is 0.582. The lowest BCUT2D eigenvalue weighted by Gasteiger charge is -2.12. The molecule has 0 rings (SSSR count). The third-order valence-electron chi connectivity index (χ3n) is 1.52. The number of aliphatic hydroxyl groups is 1. The highest BCUT2D eigenvalue weighted by molar-refractivity contribution is 4.64. The molecule has 0 aromatic heterocycles. The molecule has 0 aromatic carbocycles. The van der Waals surface area contributed by atoms with Gasteiger partial charge in [-0.05, 0) is 13.3 Å². The molecule has 0 aliphatic carbocycles. The molecule has 3 nitrogen and oxygen atoms in total. The number of hydrogen-bond donors (Lipinski definition) is 1. The first kappa shape index (κ1) is 8.56. The monoisotopic (exact) mass is 131 g/mol. The third kappa shape index (κ3) is 3.19. The van der Waals surface area contributed by atoms with Crippen LogP contribution in [0.3, 0.4) is 0 Å². The molecule has 0 heterocycles. The summed E-state index contributed by atoms with van der Waals surface area (Å²) in [5.41, 5.74) is 0. The van der Waals surface area contributed by atoms with Crippen LogP contribution in [0.5, 0.6) is 0 Å². The van der Waals surface area contributed by atoms with Crippen LogP contribution in [-0.2, 0) is 0 Å². The average Bonchev–Trinajstić information content (AvgIpc) is 1.82. The SMILES string of the molecule is CC[C@H](CN=O)[C@@H](C)O. The van der Waals surface area contributed by atoms with Crippen LogP contribution in [0.1, 0.15) is 20.3 Å². The molecule has 0 amide bonds. The lowest BCUT2D eigenvalue weighted by atomic mass is 10.0. The maximum absolute atomic E-state index is 9.72. The first-order chi connectivity index (χ1) is 4.22. The number of hydrogen-bond acceptors (Lipinski definition) is 3. The summed E-state index contributed by atoms with van der Waals surface area (Å²) in [6, 6.07) is 0. The summed E-state index contributed by atoms with van der Waals surface area (Å²) < 4.78 is 0. The number of aliphatic hydroxyl groups excluding tert-OH is 1. The van der Waals surface area contributed by atoms with Crippen molar-refractivity contribution in [2.24, 2.45) is 11.1 Å². The topological polar surface area (TPSA) is 49.7 Å². The molecule has 0 aromatic rings. The van der Waals surface area contributed by atoms with Gasteiger partial charge in [-0.3, -0.25) is 0 Å². The van der Waals surface area contributed by atoms with Crippen molar-refractivity contribution in [3.63, 3.8) is 0 Å². The zero-order valence-corrected chi connectivity index (χ0v) is 5.87. The van der Waals surface area contributed by atoms with Gasteiger partial charge in [-0.25, -0.2) is 0 Å². The second-order valence-corrected chi connectivity index (χ2v) is 2.22. The van der Waals surface area contributed by atoms with Gasteiger partial charge in [0.15, 0.2) is 0 Å². The van der Waals surface area contributed by atoms with Crippen LogP contribution in [0.4, 0.5) is 0 Å². The predicted octanol–water partition coefficient (Wildman–Crippen LogP) is 1.16. The maximum atomic E-state index is 9.72. The number of nitroso groups, excluding NO2 is 1. The molecular weight excluding hydrogens is 118 g/mol. The second-order valence-electron chi connectivity index (χ2n) is 2.22. The molecule has 1 N–H and O–H groups in total. The Morgan fingerprint density at radius 1 is 1.67 bits per heavy atom. The van der Waals surface area contributed by atoms with Crippen LogP contribution in [-0.4, -0.2) is 17.8 Å². The van der Waals surface area contributed by atoms with Gasteiger partial charge < -0.3 is 5.11 Å². The lowest BCUT2D eigenvalue weighted by Crippen LogP contribution is -2.18. The molecule has 0 aliphatic rings. The molecule has 0 aliphatic heterocycles. The van der Waals surface area contributed by atoms with E-state index in [1.54, 1.807) is 6.92 Å². The molecule has 9 heavy (non-hydrogen) atoms. The zero-order chi connectivity index (χ0) is 7.28. The van der Waals surface area contributed by atoms with Gasteiger partial charge in [0.2, 0.25) is 0 Å². The van der Waals surface area contributed by atoms with E-state index < -0.39 is 6.10 Å². The van der Waals surface area contributed by atoms with Gasteiger partial charge in [-0.1, -0.05) is 12.1 Å². The number of rotatable bonds is 4. The molecule has 0 spiro atoms. The van der Waals surface area contributed by atoms with Crippen molar-refractivity contribution < 1.29 is 5.11 Å². The molecule has 0 unspecified atom stereocenters. The molecule has 0 saturated carbocycles. The summed E-state index contributed by atoms with van der Waals surface area (Å²) >= 11 is 0. The van der Waals surface area contributed by atoms with Crippen molar-refractivity contribution in [3.05, 3.63) is 4.91 Å². The Labute approximate surface area is 55.1 Å². The van der Waals surface area contributed by atoms with Gasteiger partial charge in [-0.2, -0.15) is 4.91 Å². The van der Waals surface area contributed by atoms with E-state index in [2.05, 4.69) is 5.18 Å². The second kappa shape index (κ2) is 4.44. The first-order valence-corrected chi connectivity index (χ1v) is 3.19. The van der Waals surface area contributed by atoms with E-state index in [1.165, 1.54) is 0 Å². The van der Waals surface area contributed by atoms with Gasteiger partial charge in [0.1, 0.15) is 0 Å². The number of nitrogens with zero attached hydrogens (tertiary/aromatic N) is 1. The Bertz CT molecular complexity index is 83.1. The summed E-state index contributed by atoms with van der Waals surface area (Å²) in [6.07, 6.45) is 0.399. The van der Waals surface area contributed by atoms with E-state index in [9.17, 15) is 4.91 Å². The molecule has 0 fully saturated rings. The van der Waals surface area contributed by atoms with Crippen LogP contribution in [0.25, 0.3) is 0 Å². The van der Waals surface area contributed by atoms with Crippen LogP contribution >= 0.6 is 0 Å². The fraction of sp³-hybridized carbons (Fsp3) is 1.00. The molecular formula is C6H13NO2. The largest absolute Gasteiger partial charge is 0.393 e. The van der Waals surface area contributed by atoms with Crippen molar-refractivity contribution in [2.45, 2.75) is 26.4 Å². The highest BCUT2D eigenvalue weighted by Gasteiger charge is 2.11. The predicted molar refractivity (Wildman–Crippen MR) is 36.1 cm³/mol. The molecule has 2 atom stereocenters. The minimum Gasteiger partial charge on any atom is -0.393 e. The van der Waals surface area contributed by atoms with E-state index in [1.807, 2.05) is 6.92 Å². The molecule has 3 heteroatoms. The normalized spacial score (nSPS) is 16.8. The van der Waals surface area contributed by atoms with Gasteiger partial charge in [0.25, 0.3) is 0 Å². The Hall–Kier alpha value is -0.440. The van der Waals surface area contributed by atoms with Crippen LogP contribution in [0.2, 0.25) is 0 Å². The minimum atomic E-state index is -0.410. The zero-order valence-electron chi connectivity index (χ0n) is 5.87. The maximum Gasteiger partial charge on any atom is 0.0863 e. The van der Waals surface area contributed by atoms with Crippen molar-refractivity contribution in [1.82, 2.24) is 0 Å². The summed E-state index contributed by atoms with van der Waals surface area (Å²) in [7, 11) is 0. The van der Waals surface area contributed by atoms with Crippen LogP contribution in [0, 0.1) is 10.8 Å². The van der Waals surface area contributed by atoms with Gasteiger partial charge >= 0.3 is 0 Å². The van der Waals surface area contributed by atoms with Crippen molar-refractivity contribution in [1.29, 1.82) is 0 Å². The van der Waals surface area contributed by atoms with E-state index in [-0.39, 0.29) is 12.5 Å². The van der Waals surface area contributed by atoms with Crippen molar-refractivity contribution in [2.75, 3.05) is 6.54 Å². The Morgan fingerprint density at radius 3 is 2.33 bits per heavy atom. The Kier molecular flexibility index (Phi) is 4.22. The molecule has 0 saturated heterocycles. The highest BCUT2D eigenvalue weighted by Crippen LogP contribution is 2.07. The summed E-state index contributed by atoms with van der Waals surface area (Å²) in [6.45, 7) is 3.84. The third-order valence-corrected chi connectivity index (χ3v) is 1.52. The lowest BCUT2D eigenvalue weighted by molar-refractivity contribution is 0.127. The highest BCUT2D eigenvalue weighted by atomic mass is 16.3. The Morgan fingerprint density at radius 2 is 2.22 bits per heavy atom. The molecule has 0 bridgehead atoms. The van der Waals surface area contributed by atoms with Gasteiger partial charge in [0, 0.05) is 5.92 Å². The van der Waals surface area contributed by atoms with E-state index >= 15 is 0 Å². The van der Waals surface area contributed by atoms with Crippen molar-refractivity contribution >= 4 is 0 Å². The smallest absolute Gasteiger partial charge is 0.0863 e. The molecule has 0 radical (unpaired) electrons. The average molecular weight is 131 g/mol. The summed E-state index contributed by atoms with van der Waals surface area (Å²) in [5.74, 6) is 0.0440. The van der Waals surface area contributed by atoms with Crippen molar-refractivity contribution in [3.8, 4) is 0 Å². The van der Waals surface area contributed by atoms with E-state index in [0.717, 1.165) is 6.42 Å². The van der Waals surface area contributed by atoms with Gasteiger partial charge in [-0.15, -0.1) is 0 Å².